The molecule has 9 N–H and O–H groups in total. The first kappa shape index (κ1) is 26.9. The lowest BCUT2D eigenvalue weighted by atomic mass is 10.1. The molecule has 0 amide bonds. The Morgan fingerprint density at radius 1 is 1.20 bits per heavy atom. The second-order valence-electron chi connectivity index (χ2n) is 5.52. The van der Waals surface area contributed by atoms with E-state index in [1.54, 1.807) is 0 Å². The molecule has 0 aliphatic carbocycles. The van der Waals surface area contributed by atoms with Gasteiger partial charge in [-0.3, -0.25) is 4.57 Å². The van der Waals surface area contributed by atoms with Crippen LogP contribution in [-0.2, 0) is 27.1 Å². The minimum atomic E-state index is -5.46. The average Bonchev–Trinajstić information content (AvgIpc) is 2.66. The van der Waals surface area contributed by atoms with Crippen LogP contribution in [0.2, 0.25) is 0 Å². The van der Waals surface area contributed by atoms with E-state index in [1.807, 2.05) is 0 Å². The Kier molecular flexibility index (Phi) is 8.24. The number of rotatable bonds is 5. The van der Waals surface area contributed by atoms with Crippen molar-refractivity contribution in [2.24, 2.45) is 0 Å². The summed E-state index contributed by atoms with van der Waals surface area (Å²) in [6.45, 7) is 1.38. The van der Waals surface area contributed by atoms with E-state index in [9.17, 15) is 33.1 Å². The zero-order valence-corrected chi connectivity index (χ0v) is 17.2. The van der Waals surface area contributed by atoms with Crippen molar-refractivity contribution < 1.29 is 66.1 Å². The number of aromatic nitrogens is 2. The maximum atomic E-state index is 13.8. The number of halogens is 1. The number of nitrogens with two attached hydrogens (primary N) is 1. The summed E-state index contributed by atoms with van der Waals surface area (Å²) in [5.74, 6) is -3.08. The van der Waals surface area contributed by atoms with Gasteiger partial charge in [0, 0.05) is 6.20 Å². The topological polar surface area (TPSA) is 281 Å². The quantitative estimate of drug-likeness (QED) is 0.203. The van der Waals surface area contributed by atoms with E-state index in [4.69, 9.17) is 34.9 Å². The Morgan fingerprint density at radius 3 is 2.00 bits per heavy atom. The number of phosphoric acid groups is 3. The molecule has 21 heteroatoms. The fourth-order valence-corrected chi connectivity index (χ4v) is 4.54. The van der Waals surface area contributed by atoms with Crippen molar-refractivity contribution >= 4 is 29.3 Å². The summed E-state index contributed by atoms with van der Waals surface area (Å²) in [4.78, 5) is 55.0. The SMILES string of the molecule is C[C@H]1O[C@@H](n2ccc(N)nc2=O)[C@@](O)(F)[C@@H]1O.O=P(O)(O)OP(=O)(O)OP(=O)(O)O. The minimum Gasteiger partial charge on any atom is -0.384 e. The third-order valence-corrected chi connectivity index (χ3v) is 6.43. The molecule has 174 valence electrons. The molecule has 0 unspecified atom stereocenters. The lowest BCUT2D eigenvalue weighted by Crippen LogP contribution is -2.44. The smallest absolute Gasteiger partial charge is 0.384 e. The fourth-order valence-electron chi connectivity index (χ4n) is 2.00. The number of hydrogen-bond donors (Lipinski definition) is 8. The fraction of sp³-hybridized carbons (Fsp3) is 0.556. The summed E-state index contributed by atoms with van der Waals surface area (Å²) in [5.41, 5.74) is 4.41. The number of alkyl halides is 1. The van der Waals surface area contributed by atoms with Crippen molar-refractivity contribution in [2.45, 2.75) is 31.2 Å². The first-order valence-corrected chi connectivity index (χ1v) is 11.8. The molecule has 17 nitrogen and oxygen atoms in total. The van der Waals surface area contributed by atoms with Crippen LogP contribution >= 0.6 is 23.5 Å². The van der Waals surface area contributed by atoms with Gasteiger partial charge in [0.15, 0.2) is 6.23 Å². The standard InChI is InChI=1S/C9H12FN3O4.H5O10P3/c1-4-6(14)9(10,16)7(17-4)13-3-2-5(11)12-8(13)15;1-11(2,3)9-13(7,8)10-12(4,5)6/h2-4,6-7,14,16H,1H3,(H2,11,12,15);(H,7,8)(H2,1,2,3)(H2,4,5,6)/t4-,6-,7-,9-;/m1./s1. The van der Waals surface area contributed by atoms with Crippen LogP contribution < -0.4 is 11.4 Å². The first-order valence-electron chi connectivity index (χ1n) is 7.21. The molecule has 1 aliphatic heterocycles. The molecule has 30 heavy (non-hydrogen) atoms. The monoisotopic (exact) mass is 503 g/mol. The Bertz CT molecular complexity index is 929. The maximum absolute atomic E-state index is 13.8. The molecule has 0 spiro atoms. The second-order valence-corrected chi connectivity index (χ2v) is 9.73. The van der Waals surface area contributed by atoms with Crippen LogP contribution in [0.4, 0.5) is 10.2 Å². The van der Waals surface area contributed by atoms with E-state index in [1.165, 1.54) is 13.0 Å². The van der Waals surface area contributed by atoms with Crippen LogP contribution in [-0.4, -0.2) is 62.3 Å². The summed E-state index contributed by atoms with van der Waals surface area (Å²) in [5, 5.41) is 18.9. The number of nitrogens with zero attached hydrogens (tertiary/aromatic N) is 2. The lowest BCUT2D eigenvalue weighted by Gasteiger charge is -2.23. The van der Waals surface area contributed by atoms with E-state index in [-0.39, 0.29) is 5.82 Å². The van der Waals surface area contributed by atoms with Gasteiger partial charge in [0.05, 0.1) is 6.10 Å². The zero-order chi connectivity index (χ0) is 23.7. The lowest BCUT2D eigenvalue weighted by molar-refractivity contribution is -0.196. The van der Waals surface area contributed by atoms with Crippen molar-refractivity contribution in [1.82, 2.24) is 9.55 Å². The molecule has 1 aliphatic rings. The molecule has 0 saturated carbocycles. The van der Waals surface area contributed by atoms with Gasteiger partial charge in [-0.05, 0) is 13.0 Å². The van der Waals surface area contributed by atoms with Crippen LogP contribution in [0.3, 0.4) is 0 Å². The molecule has 1 aromatic rings. The molecule has 1 saturated heterocycles. The molecule has 0 radical (unpaired) electrons. The third kappa shape index (κ3) is 7.86. The number of anilines is 1. The van der Waals surface area contributed by atoms with Gasteiger partial charge in [0.1, 0.15) is 11.9 Å². The van der Waals surface area contributed by atoms with Gasteiger partial charge in [0.25, 0.3) is 5.85 Å². The largest absolute Gasteiger partial charge is 0.490 e. The number of nitrogen functional groups attached to an aromatic ring is 1. The summed E-state index contributed by atoms with van der Waals surface area (Å²) in [6.07, 6.45) is -3.19. The molecular formula is C9H17FN3O14P3. The molecule has 0 aromatic carbocycles. The van der Waals surface area contributed by atoms with Gasteiger partial charge in [-0.15, -0.1) is 0 Å². The van der Waals surface area contributed by atoms with Crippen LogP contribution in [0.25, 0.3) is 0 Å². The third-order valence-electron chi connectivity index (χ3n) is 3.07. The second kappa shape index (κ2) is 9.18. The highest BCUT2D eigenvalue weighted by molar-refractivity contribution is 7.66. The number of aliphatic hydroxyl groups excluding tert-OH is 1. The van der Waals surface area contributed by atoms with Gasteiger partial charge in [-0.2, -0.15) is 13.6 Å². The number of hydrogen-bond acceptors (Lipinski definition) is 11. The van der Waals surface area contributed by atoms with Crippen molar-refractivity contribution in [3.8, 4) is 0 Å². The van der Waals surface area contributed by atoms with Crippen LogP contribution in [0.1, 0.15) is 13.2 Å². The first-order chi connectivity index (χ1) is 13.3. The van der Waals surface area contributed by atoms with E-state index in [0.29, 0.717) is 0 Å². The molecule has 2 rings (SSSR count). The van der Waals surface area contributed by atoms with Crippen LogP contribution in [0.5, 0.6) is 0 Å². The van der Waals surface area contributed by atoms with Gasteiger partial charge in [-0.1, -0.05) is 0 Å². The minimum absolute atomic E-state index is 0.0276. The summed E-state index contributed by atoms with van der Waals surface area (Å²) in [6, 6.07) is 1.26. The van der Waals surface area contributed by atoms with Gasteiger partial charge in [-0.25, -0.2) is 22.9 Å². The summed E-state index contributed by atoms with van der Waals surface area (Å²) < 4.78 is 56.0. The number of ether oxygens (including phenoxy) is 1. The van der Waals surface area contributed by atoms with Gasteiger partial charge >= 0.3 is 29.2 Å². The molecule has 2 heterocycles. The Hall–Kier alpha value is -1.10. The average molecular weight is 503 g/mol. The molecule has 0 bridgehead atoms. The van der Waals surface area contributed by atoms with Crippen molar-refractivity contribution in [2.75, 3.05) is 5.73 Å². The van der Waals surface area contributed by atoms with E-state index < -0.39 is 53.4 Å². The highest BCUT2D eigenvalue weighted by Gasteiger charge is 2.56. The van der Waals surface area contributed by atoms with E-state index in [0.717, 1.165) is 10.8 Å². The molecule has 1 fully saturated rings. The normalized spacial score (nSPS) is 27.4. The zero-order valence-electron chi connectivity index (χ0n) is 14.6. The Balaban J connectivity index is 0.000000314. The predicted molar refractivity (Wildman–Crippen MR) is 90.6 cm³/mol. The van der Waals surface area contributed by atoms with E-state index in [2.05, 4.69) is 13.6 Å². The van der Waals surface area contributed by atoms with E-state index >= 15 is 0 Å². The number of aliphatic hydroxyl groups is 2. The van der Waals surface area contributed by atoms with Crippen LogP contribution in [0.15, 0.2) is 17.1 Å². The molecular weight excluding hydrogens is 486 g/mol. The highest BCUT2D eigenvalue weighted by atomic mass is 31.3. The Morgan fingerprint density at radius 2 is 1.67 bits per heavy atom. The maximum Gasteiger partial charge on any atom is 0.490 e. The summed E-state index contributed by atoms with van der Waals surface area (Å²) in [7, 11) is -16.2. The molecule has 4 atom stereocenters. The van der Waals surface area contributed by atoms with Crippen molar-refractivity contribution in [3.63, 3.8) is 0 Å². The summed E-state index contributed by atoms with van der Waals surface area (Å²) >= 11 is 0. The Labute approximate surface area is 165 Å². The van der Waals surface area contributed by atoms with Gasteiger partial charge in [0.2, 0.25) is 0 Å². The van der Waals surface area contributed by atoms with Crippen molar-refractivity contribution in [1.29, 1.82) is 0 Å². The van der Waals surface area contributed by atoms with Crippen molar-refractivity contribution in [3.05, 3.63) is 22.7 Å². The van der Waals surface area contributed by atoms with Crippen LogP contribution in [0, 0.1) is 0 Å². The van der Waals surface area contributed by atoms with Gasteiger partial charge < -0.3 is 45.2 Å². The highest BCUT2D eigenvalue weighted by Crippen LogP contribution is 2.64. The predicted octanol–water partition coefficient (Wildman–Crippen LogP) is -1.93. The molecule has 1 aromatic heterocycles.